The minimum Gasteiger partial charge on any atom is -0.322 e. The van der Waals surface area contributed by atoms with E-state index in [0.29, 0.717) is 32.4 Å². The molecule has 2 amide bonds. The van der Waals surface area contributed by atoms with Gasteiger partial charge in [-0.15, -0.1) is 0 Å². The Morgan fingerprint density at radius 2 is 1.66 bits per heavy atom. The maximum absolute atomic E-state index is 12.3. The van der Waals surface area contributed by atoms with Crippen molar-refractivity contribution in [3.63, 3.8) is 0 Å². The third-order valence-corrected chi connectivity index (χ3v) is 4.59. The van der Waals surface area contributed by atoms with Crippen LogP contribution >= 0.6 is 23.2 Å². The van der Waals surface area contributed by atoms with Crippen LogP contribution in [0.15, 0.2) is 71.8 Å². The highest BCUT2D eigenvalue weighted by Gasteiger charge is 2.09. The van der Waals surface area contributed by atoms with E-state index >= 15 is 0 Å². The molecule has 0 heterocycles. The summed E-state index contributed by atoms with van der Waals surface area (Å²) in [5.41, 5.74) is 5.52. The minimum absolute atomic E-state index is 0.252. The van der Waals surface area contributed by atoms with Crippen molar-refractivity contribution in [2.45, 2.75) is 6.92 Å². The van der Waals surface area contributed by atoms with E-state index < -0.39 is 5.91 Å². The molecule has 0 aromatic heterocycles. The van der Waals surface area contributed by atoms with Gasteiger partial charge in [0.25, 0.3) is 11.8 Å². The molecule has 0 spiro atoms. The molecular weight excluding hydrogens is 409 g/mol. The highest BCUT2D eigenvalue weighted by molar-refractivity contribution is 6.36. The third kappa shape index (κ3) is 5.67. The molecular formula is C22H17Cl2N3O2. The largest absolute Gasteiger partial charge is 0.322 e. The van der Waals surface area contributed by atoms with Crippen LogP contribution in [0.25, 0.3) is 0 Å². The summed E-state index contributed by atoms with van der Waals surface area (Å²) in [7, 11) is 0. The van der Waals surface area contributed by atoms with Crippen molar-refractivity contribution in [1.29, 1.82) is 0 Å². The van der Waals surface area contributed by atoms with Crippen LogP contribution in [0.4, 0.5) is 5.69 Å². The smallest absolute Gasteiger partial charge is 0.271 e. The molecule has 3 aromatic carbocycles. The number of hydrazone groups is 1. The van der Waals surface area contributed by atoms with Gasteiger partial charge in [0.2, 0.25) is 0 Å². The van der Waals surface area contributed by atoms with Gasteiger partial charge >= 0.3 is 0 Å². The van der Waals surface area contributed by atoms with Gasteiger partial charge in [-0.1, -0.05) is 53.0 Å². The van der Waals surface area contributed by atoms with Gasteiger partial charge in [-0.3, -0.25) is 9.59 Å². The molecule has 0 atom stereocenters. The zero-order valence-corrected chi connectivity index (χ0v) is 17.0. The number of amides is 2. The van der Waals surface area contributed by atoms with Gasteiger partial charge in [0, 0.05) is 27.4 Å². The lowest BCUT2D eigenvalue weighted by molar-refractivity contribution is 0.0953. The zero-order valence-electron chi connectivity index (χ0n) is 15.4. The van der Waals surface area contributed by atoms with Crippen molar-refractivity contribution >= 4 is 46.9 Å². The minimum atomic E-state index is -0.419. The molecule has 2 N–H and O–H groups in total. The van der Waals surface area contributed by atoms with E-state index in [1.165, 1.54) is 6.21 Å². The molecule has 0 aliphatic carbocycles. The number of carbonyl (C=O) groups excluding carboxylic acids is 2. The lowest BCUT2D eigenvalue weighted by Gasteiger charge is -2.07. The summed E-state index contributed by atoms with van der Waals surface area (Å²) in [6.45, 7) is 1.95. The van der Waals surface area contributed by atoms with Crippen LogP contribution in [0, 0.1) is 6.92 Å². The molecule has 0 fully saturated rings. The van der Waals surface area contributed by atoms with Crippen LogP contribution in [0.3, 0.4) is 0 Å². The number of carbonyl (C=O) groups is 2. The Labute approximate surface area is 178 Å². The lowest BCUT2D eigenvalue weighted by Crippen LogP contribution is -2.18. The first kappa shape index (κ1) is 20.6. The second kappa shape index (κ2) is 9.37. The zero-order chi connectivity index (χ0) is 20.8. The Bertz CT molecular complexity index is 1080. The van der Waals surface area contributed by atoms with Crippen LogP contribution in [-0.4, -0.2) is 18.0 Å². The molecule has 0 saturated heterocycles. The summed E-state index contributed by atoms with van der Waals surface area (Å²) >= 11 is 11.9. The van der Waals surface area contributed by atoms with Crippen LogP contribution in [0.5, 0.6) is 0 Å². The van der Waals surface area contributed by atoms with Crippen LogP contribution in [-0.2, 0) is 0 Å². The van der Waals surface area contributed by atoms with Crippen molar-refractivity contribution in [1.82, 2.24) is 5.43 Å². The molecule has 3 rings (SSSR count). The predicted octanol–water partition coefficient (Wildman–Crippen LogP) is 5.32. The first-order valence-electron chi connectivity index (χ1n) is 8.69. The fourth-order valence-electron chi connectivity index (χ4n) is 2.48. The van der Waals surface area contributed by atoms with Crippen LogP contribution in [0.2, 0.25) is 10.0 Å². The number of hydrogen-bond donors (Lipinski definition) is 2. The molecule has 7 heteroatoms. The predicted molar refractivity (Wildman–Crippen MR) is 117 cm³/mol. The van der Waals surface area contributed by atoms with E-state index in [-0.39, 0.29) is 5.91 Å². The van der Waals surface area contributed by atoms with E-state index in [9.17, 15) is 9.59 Å². The Morgan fingerprint density at radius 3 is 2.38 bits per heavy atom. The Kier molecular flexibility index (Phi) is 6.65. The first-order chi connectivity index (χ1) is 13.9. The SMILES string of the molecule is Cc1ccc(C(=O)Nc2cccc(C(=O)N/N=C\c3ccc(Cl)cc3Cl)c2)cc1. The summed E-state index contributed by atoms with van der Waals surface area (Å²) in [5, 5.41) is 7.64. The second-order valence-electron chi connectivity index (χ2n) is 6.27. The molecule has 0 aliphatic rings. The molecule has 0 aliphatic heterocycles. The number of halogens is 2. The fourth-order valence-corrected chi connectivity index (χ4v) is 2.93. The molecule has 29 heavy (non-hydrogen) atoms. The topological polar surface area (TPSA) is 70.6 Å². The lowest BCUT2D eigenvalue weighted by atomic mass is 10.1. The summed E-state index contributed by atoms with van der Waals surface area (Å²) in [4.78, 5) is 24.7. The van der Waals surface area contributed by atoms with Gasteiger partial charge < -0.3 is 5.32 Å². The number of aryl methyl sites for hydroxylation is 1. The number of benzene rings is 3. The summed E-state index contributed by atoms with van der Waals surface area (Å²) in [6, 6.07) is 18.8. The molecule has 0 radical (unpaired) electrons. The summed E-state index contributed by atoms with van der Waals surface area (Å²) < 4.78 is 0. The molecule has 5 nitrogen and oxygen atoms in total. The molecule has 146 valence electrons. The normalized spacial score (nSPS) is 10.7. The van der Waals surface area contributed by atoms with Gasteiger partial charge in [-0.25, -0.2) is 5.43 Å². The van der Waals surface area contributed by atoms with Gasteiger partial charge in [0.05, 0.1) is 11.2 Å². The average molecular weight is 426 g/mol. The molecule has 0 saturated carbocycles. The van der Waals surface area contributed by atoms with Crippen molar-refractivity contribution in [2.75, 3.05) is 5.32 Å². The maximum Gasteiger partial charge on any atom is 0.271 e. The Hall–Kier alpha value is -3.15. The van der Waals surface area contributed by atoms with Crippen molar-refractivity contribution in [2.24, 2.45) is 5.10 Å². The Morgan fingerprint density at radius 1 is 0.897 bits per heavy atom. The monoisotopic (exact) mass is 425 g/mol. The highest BCUT2D eigenvalue weighted by atomic mass is 35.5. The van der Waals surface area contributed by atoms with Gasteiger partial charge in [-0.05, 0) is 49.4 Å². The number of nitrogens with one attached hydrogen (secondary N) is 2. The maximum atomic E-state index is 12.3. The van der Waals surface area contributed by atoms with E-state index in [0.717, 1.165) is 5.56 Å². The van der Waals surface area contributed by atoms with Crippen molar-refractivity contribution in [3.05, 3.63) is 99.0 Å². The average Bonchev–Trinajstić information content (AvgIpc) is 2.70. The molecule has 0 unspecified atom stereocenters. The van der Waals surface area contributed by atoms with E-state index in [4.69, 9.17) is 23.2 Å². The van der Waals surface area contributed by atoms with E-state index in [2.05, 4.69) is 15.8 Å². The van der Waals surface area contributed by atoms with Crippen molar-refractivity contribution in [3.8, 4) is 0 Å². The quantitative estimate of drug-likeness (QED) is 0.428. The van der Waals surface area contributed by atoms with Crippen LogP contribution < -0.4 is 10.7 Å². The van der Waals surface area contributed by atoms with E-state index in [1.807, 2.05) is 19.1 Å². The number of hydrogen-bond acceptors (Lipinski definition) is 3. The van der Waals surface area contributed by atoms with Gasteiger partial charge in [-0.2, -0.15) is 5.10 Å². The number of nitrogens with zero attached hydrogens (tertiary/aromatic N) is 1. The van der Waals surface area contributed by atoms with Gasteiger partial charge in [0.1, 0.15) is 0 Å². The highest BCUT2D eigenvalue weighted by Crippen LogP contribution is 2.19. The van der Waals surface area contributed by atoms with E-state index in [1.54, 1.807) is 54.6 Å². The first-order valence-corrected chi connectivity index (χ1v) is 9.44. The second-order valence-corrected chi connectivity index (χ2v) is 7.11. The standard InChI is InChI=1S/C22H17Cl2N3O2/c1-14-5-7-15(8-6-14)21(28)26-19-4-2-3-16(11-19)22(29)27-25-13-17-9-10-18(23)12-20(17)24/h2-13H,1H3,(H,26,28)(H,27,29)/b25-13-. The molecule has 3 aromatic rings. The number of rotatable bonds is 5. The number of anilines is 1. The van der Waals surface area contributed by atoms with Gasteiger partial charge in [0.15, 0.2) is 0 Å². The third-order valence-electron chi connectivity index (χ3n) is 4.03. The molecule has 0 bridgehead atoms. The summed E-state index contributed by atoms with van der Waals surface area (Å²) in [6.07, 6.45) is 1.43. The fraction of sp³-hybridized carbons (Fsp3) is 0.0455. The van der Waals surface area contributed by atoms with Crippen molar-refractivity contribution < 1.29 is 9.59 Å². The summed E-state index contributed by atoms with van der Waals surface area (Å²) in [5.74, 6) is -0.671. The Balaban J connectivity index is 1.65. The van der Waals surface area contributed by atoms with Crippen LogP contribution in [0.1, 0.15) is 31.8 Å².